The van der Waals surface area contributed by atoms with Crippen LogP contribution in [0.5, 0.6) is 0 Å². The molecular formula is C10H11ClN4. The van der Waals surface area contributed by atoms with Crippen molar-refractivity contribution in [1.82, 2.24) is 14.8 Å². The Balaban J connectivity index is 2.33. The van der Waals surface area contributed by atoms with E-state index in [1.54, 1.807) is 11.0 Å². The van der Waals surface area contributed by atoms with E-state index in [4.69, 9.17) is 17.3 Å². The Morgan fingerprint density at radius 2 is 2.13 bits per heavy atom. The summed E-state index contributed by atoms with van der Waals surface area (Å²) in [5, 5.41) is 4.93. The highest BCUT2D eigenvalue weighted by atomic mass is 35.5. The summed E-state index contributed by atoms with van der Waals surface area (Å²) in [6.45, 7) is 1.21. The molecule has 0 unspecified atom stereocenters. The van der Waals surface area contributed by atoms with Crippen LogP contribution in [-0.2, 0) is 6.54 Å². The van der Waals surface area contributed by atoms with Gasteiger partial charge in [0.25, 0.3) is 0 Å². The summed E-state index contributed by atoms with van der Waals surface area (Å²) in [5.74, 6) is 0.633. The van der Waals surface area contributed by atoms with Crippen molar-refractivity contribution in [3.05, 3.63) is 35.6 Å². The molecule has 15 heavy (non-hydrogen) atoms. The van der Waals surface area contributed by atoms with Crippen LogP contribution in [0.15, 0.2) is 30.6 Å². The third kappa shape index (κ3) is 2.16. The van der Waals surface area contributed by atoms with Crippen molar-refractivity contribution in [2.75, 3.05) is 6.54 Å². The van der Waals surface area contributed by atoms with E-state index in [1.165, 1.54) is 0 Å². The molecule has 4 nitrogen and oxygen atoms in total. The molecule has 0 aliphatic heterocycles. The molecule has 0 atom stereocenters. The van der Waals surface area contributed by atoms with Gasteiger partial charge in [-0.2, -0.15) is 5.10 Å². The highest BCUT2D eigenvalue weighted by Crippen LogP contribution is 2.23. The lowest BCUT2D eigenvalue weighted by Crippen LogP contribution is -2.10. The fourth-order valence-corrected chi connectivity index (χ4v) is 1.52. The first kappa shape index (κ1) is 10.1. The Morgan fingerprint density at radius 1 is 1.33 bits per heavy atom. The van der Waals surface area contributed by atoms with Crippen molar-refractivity contribution < 1.29 is 0 Å². The summed E-state index contributed by atoms with van der Waals surface area (Å²) < 4.78 is 1.71. The smallest absolute Gasteiger partial charge is 0.182 e. The van der Waals surface area contributed by atoms with E-state index in [9.17, 15) is 0 Å². The molecule has 2 rings (SSSR count). The third-order valence-corrected chi connectivity index (χ3v) is 2.34. The van der Waals surface area contributed by atoms with E-state index in [0.29, 0.717) is 23.9 Å². The summed E-state index contributed by atoms with van der Waals surface area (Å²) in [7, 11) is 0. The number of rotatable bonds is 3. The first-order valence-electron chi connectivity index (χ1n) is 4.65. The number of nitrogens with zero attached hydrogens (tertiary/aromatic N) is 3. The van der Waals surface area contributed by atoms with Gasteiger partial charge in [-0.1, -0.05) is 23.7 Å². The number of nitrogens with two attached hydrogens (primary N) is 1. The van der Waals surface area contributed by atoms with E-state index < -0.39 is 0 Å². The number of aromatic nitrogens is 3. The fraction of sp³-hybridized carbons (Fsp3) is 0.200. The monoisotopic (exact) mass is 222 g/mol. The van der Waals surface area contributed by atoms with E-state index >= 15 is 0 Å². The van der Waals surface area contributed by atoms with Crippen LogP contribution >= 0.6 is 11.6 Å². The molecule has 2 N–H and O–H groups in total. The van der Waals surface area contributed by atoms with Crippen LogP contribution in [0, 0.1) is 0 Å². The van der Waals surface area contributed by atoms with Gasteiger partial charge in [-0.05, 0) is 12.1 Å². The molecule has 5 heteroatoms. The van der Waals surface area contributed by atoms with Crippen molar-refractivity contribution in [1.29, 1.82) is 0 Å². The minimum atomic E-state index is 0.547. The average molecular weight is 223 g/mol. The zero-order valence-corrected chi connectivity index (χ0v) is 8.85. The fourth-order valence-electron chi connectivity index (χ4n) is 1.30. The Labute approximate surface area is 92.7 Å². The maximum absolute atomic E-state index is 6.03. The molecule has 0 radical (unpaired) electrons. The van der Waals surface area contributed by atoms with Crippen molar-refractivity contribution in [2.45, 2.75) is 6.54 Å². The zero-order valence-electron chi connectivity index (χ0n) is 8.10. The van der Waals surface area contributed by atoms with Gasteiger partial charge in [-0.15, -0.1) is 0 Å². The maximum atomic E-state index is 6.03. The normalized spacial score (nSPS) is 10.5. The zero-order chi connectivity index (χ0) is 10.7. The second-order valence-corrected chi connectivity index (χ2v) is 3.51. The van der Waals surface area contributed by atoms with Crippen molar-refractivity contribution in [2.24, 2.45) is 5.73 Å². The second kappa shape index (κ2) is 4.42. The van der Waals surface area contributed by atoms with Crippen LogP contribution in [0.4, 0.5) is 0 Å². The van der Waals surface area contributed by atoms with Gasteiger partial charge in [-0.25, -0.2) is 4.98 Å². The van der Waals surface area contributed by atoms with E-state index in [-0.39, 0.29) is 0 Å². The van der Waals surface area contributed by atoms with Crippen molar-refractivity contribution >= 4 is 11.6 Å². The van der Waals surface area contributed by atoms with Crippen LogP contribution in [0.3, 0.4) is 0 Å². The Morgan fingerprint density at radius 3 is 2.87 bits per heavy atom. The summed E-state index contributed by atoms with van der Waals surface area (Å²) in [4.78, 5) is 4.18. The molecule has 1 heterocycles. The molecule has 0 aliphatic carbocycles. The average Bonchev–Trinajstić information content (AvgIpc) is 2.68. The van der Waals surface area contributed by atoms with Gasteiger partial charge < -0.3 is 5.73 Å². The number of hydrogen-bond acceptors (Lipinski definition) is 3. The van der Waals surface area contributed by atoms with Crippen LogP contribution in [-0.4, -0.2) is 21.3 Å². The lowest BCUT2D eigenvalue weighted by molar-refractivity contribution is 0.625. The Kier molecular flexibility index (Phi) is 2.99. The minimum Gasteiger partial charge on any atom is -0.329 e. The molecule has 1 aromatic heterocycles. The van der Waals surface area contributed by atoms with Gasteiger partial charge in [0.15, 0.2) is 5.82 Å². The number of hydrogen-bond donors (Lipinski definition) is 1. The number of benzene rings is 1. The lowest BCUT2D eigenvalue weighted by Gasteiger charge is -1.98. The van der Waals surface area contributed by atoms with Gasteiger partial charge in [0.05, 0.1) is 11.6 Å². The first-order chi connectivity index (χ1) is 7.31. The van der Waals surface area contributed by atoms with Crippen molar-refractivity contribution in [3.8, 4) is 11.4 Å². The molecule has 0 fully saturated rings. The van der Waals surface area contributed by atoms with Crippen LogP contribution < -0.4 is 5.73 Å². The second-order valence-electron chi connectivity index (χ2n) is 3.10. The van der Waals surface area contributed by atoms with Gasteiger partial charge in [0.2, 0.25) is 0 Å². The van der Waals surface area contributed by atoms with E-state index in [0.717, 1.165) is 5.56 Å². The molecule has 0 saturated carbocycles. The molecule has 0 spiro atoms. The summed E-state index contributed by atoms with van der Waals surface area (Å²) >= 11 is 6.03. The standard InChI is InChI=1S/C10H11ClN4/c11-9-4-2-1-3-8(9)10-13-7-15(14-10)6-5-12/h1-4,7H,5-6,12H2. The predicted octanol–water partition coefficient (Wildman–Crippen LogP) is 1.56. The first-order valence-corrected chi connectivity index (χ1v) is 5.03. The molecule has 0 aliphatic rings. The quantitative estimate of drug-likeness (QED) is 0.858. The SMILES string of the molecule is NCCn1cnc(-c2ccccc2Cl)n1. The van der Waals surface area contributed by atoms with Gasteiger partial charge in [0.1, 0.15) is 6.33 Å². The minimum absolute atomic E-state index is 0.547. The van der Waals surface area contributed by atoms with E-state index in [1.807, 2.05) is 24.3 Å². The van der Waals surface area contributed by atoms with Gasteiger partial charge in [0, 0.05) is 12.1 Å². The summed E-state index contributed by atoms with van der Waals surface area (Å²) in [6.07, 6.45) is 1.66. The summed E-state index contributed by atoms with van der Waals surface area (Å²) in [5.41, 5.74) is 6.27. The highest BCUT2D eigenvalue weighted by Gasteiger charge is 2.06. The van der Waals surface area contributed by atoms with Crippen molar-refractivity contribution in [3.63, 3.8) is 0 Å². The highest BCUT2D eigenvalue weighted by molar-refractivity contribution is 6.33. The lowest BCUT2D eigenvalue weighted by atomic mass is 10.2. The third-order valence-electron chi connectivity index (χ3n) is 2.01. The molecule has 1 aromatic carbocycles. The van der Waals surface area contributed by atoms with Gasteiger partial charge >= 0.3 is 0 Å². The molecular weight excluding hydrogens is 212 g/mol. The van der Waals surface area contributed by atoms with Gasteiger partial charge in [-0.3, -0.25) is 4.68 Å². The molecule has 2 aromatic rings. The Hall–Kier alpha value is -1.39. The maximum Gasteiger partial charge on any atom is 0.182 e. The molecule has 0 bridgehead atoms. The topological polar surface area (TPSA) is 56.7 Å². The van der Waals surface area contributed by atoms with Crippen LogP contribution in [0.25, 0.3) is 11.4 Å². The summed E-state index contributed by atoms with van der Waals surface area (Å²) in [6, 6.07) is 7.50. The molecule has 0 saturated heterocycles. The molecule has 0 amide bonds. The van der Waals surface area contributed by atoms with Crippen LogP contribution in [0.2, 0.25) is 5.02 Å². The number of halogens is 1. The molecule has 78 valence electrons. The predicted molar refractivity (Wildman–Crippen MR) is 59.5 cm³/mol. The van der Waals surface area contributed by atoms with Crippen LogP contribution in [0.1, 0.15) is 0 Å². The largest absolute Gasteiger partial charge is 0.329 e. The Bertz CT molecular complexity index is 452. The van der Waals surface area contributed by atoms with E-state index in [2.05, 4.69) is 10.1 Å².